The lowest BCUT2D eigenvalue weighted by atomic mass is 10.1. The predicted octanol–water partition coefficient (Wildman–Crippen LogP) is 2.57. The summed E-state index contributed by atoms with van der Waals surface area (Å²) in [5.41, 5.74) is 8.30. The first-order chi connectivity index (χ1) is 9.79. The van der Waals surface area contributed by atoms with Gasteiger partial charge in [0.15, 0.2) is 5.96 Å². The van der Waals surface area contributed by atoms with Gasteiger partial charge in [0.1, 0.15) is 5.75 Å². The quantitative estimate of drug-likeness (QED) is 0.930. The zero-order chi connectivity index (χ0) is 13.9. The Labute approximate surface area is 118 Å². The van der Waals surface area contributed by atoms with Gasteiger partial charge in [0.25, 0.3) is 0 Å². The van der Waals surface area contributed by atoms with E-state index in [1.165, 1.54) is 5.56 Å². The summed E-state index contributed by atoms with van der Waals surface area (Å²) in [7, 11) is 1.66. The van der Waals surface area contributed by atoms with Crippen molar-refractivity contribution < 1.29 is 4.74 Å². The van der Waals surface area contributed by atoms with E-state index in [0.717, 1.165) is 11.4 Å². The molecule has 0 spiro atoms. The van der Waals surface area contributed by atoms with Crippen LogP contribution in [0.5, 0.6) is 5.75 Å². The molecule has 0 aliphatic carbocycles. The highest BCUT2D eigenvalue weighted by Gasteiger charge is 2.28. The molecule has 1 unspecified atom stereocenters. The van der Waals surface area contributed by atoms with Crippen LogP contribution in [-0.2, 0) is 0 Å². The molecule has 0 aromatic heterocycles. The maximum absolute atomic E-state index is 6.05. The molecule has 1 aliphatic rings. The molecule has 0 saturated heterocycles. The molecule has 3 rings (SSSR count). The van der Waals surface area contributed by atoms with E-state index in [2.05, 4.69) is 22.0 Å². The third-order valence-corrected chi connectivity index (χ3v) is 3.52. The molecule has 2 aromatic rings. The molecule has 0 bridgehead atoms. The van der Waals surface area contributed by atoms with Crippen molar-refractivity contribution in [2.24, 2.45) is 10.7 Å². The molecule has 1 atom stereocenters. The van der Waals surface area contributed by atoms with Gasteiger partial charge in [0, 0.05) is 5.69 Å². The molecule has 0 radical (unpaired) electrons. The third-order valence-electron chi connectivity index (χ3n) is 3.52. The molecule has 4 heteroatoms. The van der Waals surface area contributed by atoms with Gasteiger partial charge >= 0.3 is 0 Å². The maximum Gasteiger partial charge on any atom is 0.196 e. The second-order valence-corrected chi connectivity index (χ2v) is 4.69. The predicted molar refractivity (Wildman–Crippen MR) is 81.1 cm³/mol. The zero-order valence-electron chi connectivity index (χ0n) is 11.4. The molecule has 2 N–H and O–H groups in total. The van der Waals surface area contributed by atoms with E-state index < -0.39 is 0 Å². The fourth-order valence-corrected chi connectivity index (χ4v) is 2.48. The van der Waals surface area contributed by atoms with Crippen LogP contribution in [0.1, 0.15) is 11.6 Å². The fraction of sp³-hybridized carbons (Fsp3) is 0.188. The van der Waals surface area contributed by atoms with E-state index in [4.69, 9.17) is 10.5 Å². The zero-order valence-corrected chi connectivity index (χ0v) is 11.4. The Morgan fingerprint density at radius 2 is 1.80 bits per heavy atom. The largest absolute Gasteiger partial charge is 0.497 e. The summed E-state index contributed by atoms with van der Waals surface area (Å²) in [4.78, 5) is 6.45. The monoisotopic (exact) mass is 267 g/mol. The summed E-state index contributed by atoms with van der Waals surface area (Å²) >= 11 is 0. The van der Waals surface area contributed by atoms with Crippen LogP contribution in [0.4, 0.5) is 5.69 Å². The van der Waals surface area contributed by atoms with Gasteiger partial charge in [-0.15, -0.1) is 0 Å². The minimum absolute atomic E-state index is 0.157. The normalized spacial score (nSPS) is 17.9. The number of hydrogen-bond donors (Lipinski definition) is 1. The van der Waals surface area contributed by atoms with Crippen LogP contribution in [0.25, 0.3) is 0 Å². The number of guanidine groups is 1. The number of ether oxygens (including phenoxy) is 1. The van der Waals surface area contributed by atoms with Gasteiger partial charge in [-0.25, -0.2) is 0 Å². The lowest BCUT2D eigenvalue weighted by Crippen LogP contribution is -2.36. The Bertz CT molecular complexity index is 607. The first-order valence-electron chi connectivity index (χ1n) is 6.58. The smallest absolute Gasteiger partial charge is 0.196 e. The van der Waals surface area contributed by atoms with Crippen LogP contribution in [0.2, 0.25) is 0 Å². The molecule has 0 saturated carbocycles. The lowest BCUT2D eigenvalue weighted by Gasteiger charge is -2.26. The second kappa shape index (κ2) is 5.25. The van der Waals surface area contributed by atoms with Crippen LogP contribution in [-0.4, -0.2) is 19.6 Å². The van der Waals surface area contributed by atoms with Crippen molar-refractivity contribution in [3.63, 3.8) is 0 Å². The van der Waals surface area contributed by atoms with E-state index in [9.17, 15) is 0 Å². The highest BCUT2D eigenvalue weighted by molar-refractivity contribution is 5.97. The lowest BCUT2D eigenvalue weighted by molar-refractivity contribution is 0.415. The summed E-state index contributed by atoms with van der Waals surface area (Å²) in [6, 6.07) is 18.3. The first kappa shape index (κ1) is 12.5. The molecule has 1 heterocycles. The highest BCUT2D eigenvalue weighted by atomic mass is 16.5. The molecule has 102 valence electrons. The highest BCUT2D eigenvalue weighted by Crippen LogP contribution is 2.31. The standard InChI is InChI=1S/C16H17N3O/c1-20-14-9-7-13(8-10-14)19-15(11-18-16(19)17)12-5-3-2-4-6-12/h2-10,15H,11H2,1H3,(H2,17,18). The summed E-state index contributed by atoms with van der Waals surface area (Å²) < 4.78 is 5.19. The van der Waals surface area contributed by atoms with E-state index in [0.29, 0.717) is 12.5 Å². The molecular weight excluding hydrogens is 250 g/mol. The van der Waals surface area contributed by atoms with Crippen LogP contribution >= 0.6 is 0 Å². The molecule has 0 fully saturated rings. The summed E-state index contributed by atoms with van der Waals surface area (Å²) in [6.07, 6.45) is 0. The van der Waals surface area contributed by atoms with Crippen molar-refractivity contribution in [2.45, 2.75) is 6.04 Å². The molecule has 1 aliphatic heterocycles. The number of nitrogens with zero attached hydrogens (tertiary/aromatic N) is 2. The Morgan fingerprint density at radius 1 is 1.10 bits per heavy atom. The Morgan fingerprint density at radius 3 is 2.45 bits per heavy atom. The van der Waals surface area contributed by atoms with Gasteiger partial charge < -0.3 is 15.4 Å². The van der Waals surface area contributed by atoms with Crippen molar-refractivity contribution in [3.05, 3.63) is 60.2 Å². The molecule has 4 nitrogen and oxygen atoms in total. The van der Waals surface area contributed by atoms with Gasteiger partial charge in [-0.1, -0.05) is 30.3 Å². The average molecular weight is 267 g/mol. The van der Waals surface area contributed by atoms with Crippen molar-refractivity contribution in [1.29, 1.82) is 0 Å². The second-order valence-electron chi connectivity index (χ2n) is 4.69. The van der Waals surface area contributed by atoms with Gasteiger partial charge in [0.05, 0.1) is 19.7 Å². The average Bonchev–Trinajstić information content (AvgIpc) is 2.90. The number of anilines is 1. The fourth-order valence-electron chi connectivity index (χ4n) is 2.48. The van der Waals surface area contributed by atoms with E-state index in [1.54, 1.807) is 7.11 Å². The number of aliphatic imine (C=N–C) groups is 1. The minimum atomic E-state index is 0.157. The Balaban J connectivity index is 1.93. The SMILES string of the molecule is COc1ccc(N2C(N)=NCC2c2ccccc2)cc1. The first-order valence-corrected chi connectivity index (χ1v) is 6.58. The van der Waals surface area contributed by atoms with Crippen molar-refractivity contribution >= 4 is 11.6 Å². The van der Waals surface area contributed by atoms with Crippen molar-refractivity contribution in [3.8, 4) is 5.75 Å². The maximum atomic E-state index is 6.05. The topological polar surface area (TPSA) is 50.9 Å². The molecular formula is C16H17N3O. The van der Waals surface area contributed by atoms with Gasteiger partial charge in [0.2, 0.25) is 0 Å². The van der Waals surface area contributed by atoms with Crippen LogP contribution in [0, 0.1) is 0 Å². The van der Waals surface area contributed by atoms with Crippen molar-refractivity contribution in [2.75, 3.05) is 18.6 Å². The number of nitrogens with two attached hydrogens (primary N) is 1. The summed E-state index contributed by atoms with van der Waals surface area (Å²) in [5, 5.41) is 0. The van der Waals surface area contributed by atoms with E-state index in [1.807, 2.05) is 42.5 Å². The van der Waals surface area contributed by atoms with Gasteiger partial charge in [-0.3, -0.25) is 4.99 Å². The van der Waals surface area contributed by atoms with Crippen LogP contribution in [0.3, 0.4) is 0 Å². The Hall–Kier alpha value is -2.49. The van der Waals surface area contributed by atoms with Gasteiger partial charge in [-0.2, -0.15) is 0 Å². The molecule has 0 amide bonds. The summed E-state index contributed by atoms with van der Waals surface area (Å²) in [5.74, 6) is 1.39. The van der Waals surface area contributed by atoms with Crippen LogP contribution in [0.15, 0.2) is 59.6 Å². The Kier molecular flexibility index (Phi) is 3.29. The number of rotatable bonds is 3. The molecule has 20 heavy (non-hydrogen) atoms. The summed E-state index contributed by atoms with van der Waals surface area (Å²) in [6.45, 7) is 0.682. The number of hydrogen-bond acceptors (Lipinski definition) is 4. The van der Waals surface area contributed by atoms with Gasteiger partial charge in [-0.05, 0) is 29.8 Å². The van der Waals surface area contributed by atoms with Crippen LogP contribution < -0.4 is 15.4 Å². The van der Waals surface area contributed by atoms with Crippen molar-refractivity contribution in [1.82, 2.24) is 0 Å². The number of benzene rings is 2. The van der Waals surface area contributed by atoms with E-state index in [-0.39, 0.29) is 6.04 Å². The van der Waals surface area contributed by atoms with E-state index >= 15 is 0 Å². The number of methoxy groups -OCH3 is 1. The minimum Gasteiger partial charge on any atom is -0.497 e. The molecule has 2 aromatic carbocycles. The third kappa shape index (κ3) is 2.20.